The molecule has 0 aliphatic carbocycles. The molecular weight excluding hydrogens is 212 g/mol. The normalized spacial score (nSPS) is 13.6. The number of hydrogen-bond donors (Lipinski definition) is 1. The Morgan fingerprint density at radius 3 is 2.35 bits per heavy atom. The molecule has 1 unspecified atom stereocenters. The summed E-state index contributed by atoms with van der Waals surface area (Å²) in [6.45, 7) is 8.07. The molecule has 1 atom stereocenters. The fourth-order valence-corrected chi connectivity index (χ4v) is 1.79. The first-order valence-electron chi connectivity index (χ1n) is 6.26. The van der Waals surface area contributed by atoms with E-state index in [1.807, 2.05) is 18.2 Å². The summed E-state index contributed by atoms with van der Waals surface area (Å²) in [5, 5.41) is 9.32. The maximum absolute atomic E-state index is 9.32. The smallest absolute Gasteiger partial charge is 0.0716 e. The molecule has 1 aromatic rings. The molecule has 0 aliphatic rings. The Balaban J connectivity index is 2.24. The van der Waals surface area contributed by atoms with Crippen molar-refractivity contribution in [3.63, 3.8) is 0 Å². The van der Waals surface area contributed by atoms with Gasteiger partial charge in [0.15, 0.2) is 0 Å². The molecule has 0 amide bonds. The van der Waals surface area contributed by atoms with E-state index in [1.54, 1.807) is 0 Å². The summed E-state index contributed by atoms with van der Waals surface area (Å²) in [5.41, 5.74) is 1.34. The number of aliphatic hydroxyl groups is 1. The van der Waals surface area contributed by atoms with Gasteiger partial charge in [0.25, 0.3) is 0 Å². The van der Waals surface area contributed by atoms with Crippen LogP contribution in [0.1, 0.15) is 32.8 Å². The van der Waals surface area contributed by atoms with E-state index in [-0.39, 0.29) is 12.0 Å². The lowest BCUT2D eigenvalue weighted by Crippen LogP contribution is -2.25. The molecule has 2 heteroatoms. The molecule has 0 spiro atoms. The minimum atomic E-state index is 0.144. The fraction of sp³-hybridized carbons (Fsp3) is 0.600. The lowest BCUT2D eigenvalue weighted by molar-refractivity contribution is 0.0611. The van der Waals surface area contributed by atoms with Crippen LogP contribution >= 0.6 is 0 Å². The molecule has 0 radical (unpaired) electrons. The van der Waals surface area contributed by atoms with Crippen molar-refractivity contribution in [2.75, 3.05) is 13.2 Å². The number of ether oxygens (including phenoxy) is 1. The third-order valence-corrected chi connectivity index (χ3v) is 3.17. The summed E-state index contributed by atoms with van der Waals surface area (Å²) in [7, 11) is 0. The molecule has 0 saturated carbocycles. The highest BCUT2D eigenvalue weighted by Crippen LogP contribution is 2.28. The molecule has 0 fully saturated rings. The topological polar surface area (TPSA) is 29.5 Å². The van der Waals surface area contributed by atoms with Crippen LogP contribution in [0.3, 0.4) is 0 Å². The highest BCUT2D eigenvalue weighted by molar-refractivity contribution is 5.13. The second-order valence-electron chi connectivity index (χ2n) is 5.57. The van der Waals surface area contributed by atoms with Crippen LogP contribution in [0.2, 0.25) is 0 Å². The zero-order chi connectivity index (χ0) is 12.7. The van der Waals surface area contributed by atoms with Gasteiger partial charge in [-0.15, -0.1) is 0 Å². The lowest BCUT2D eigenvalue weighted by atomic mass is 9.79. The van der Waals surface area contributed by atoms with Crippen molar-refractivity contribution < 1.29 is 9.84 Å². The van der Waals surface area contributed by atoms with Gasteiger partial charge in [-0.2, -0.15) is 0 Å². The predicted octanol–water partition coefficient (Wildman–Crippen LogP) is 3.25. The second-order valence-corrected chi connectivity index (χ2v) is 5.57. The van der Waals surface area contributed by atoms with Crippen LogP contribution < -0.4 is 0 Å². The van der Waals surface area contributed by atoms with Gasteiger partial charge in [0.1, 0.15) is 0 Å². The van der Waals surface area contributed by atoms with Gasteiger partial charge in [-0.1, -0.05) is 51.1 Å². The molecular formula is C15H24O2. The number of aliphatic hydroxyl groups excluding tert-OH is 1. The van der Waals surface area contributed by atoms with Crippen LogP contribution in [0.4, 0.5) is 0 Å². The fourth-order valence-electron chi connectivity index (χ4n) is 1.79. The average Bonchev–Trinajstić information content (AvgIpc) is 2.28. The van der Waals surface area contributed by atoms with E-state index in [4.69, 9.17) is 4.74 Å². The van der Waals surface area contributed by atoms with Gasteiger partial charge in [-0.3, -0.25) is 0 Å². The first-order chi connectivity index (χ1) is 8.04. The van der Waals surface area contributed by atoms with Crippen LogP contribution in [-0.4, -0.2) is 18.3 Å². The summed E-state index contributed by atoms with van der Waals surface area (Å²) in [6.07, 6.45) is 0.910. The summed E-state index contributed by atoms with van der Waals surface area (Å²) in [5.74, 6) is 0.304. The van der Waals surface area contributed by atoms with Gasteiger partial charge >= 0.3 is 0 Å². The Labute approximate surface area is 105 Å². The summed E-state index contributed by atoms with van der Waals surface area (Å²) in [6, 6.07) is 10.2. The van der Waals surface area contributed by atoms with Gasteiger partial charge in [-0.25, -0.2) is 0 Å². The molecule has 0 aliphatic heterocycles. The Kier molecular flexibility index (Phi) is 5.66. The van der Waals surface area contributed by atoms with Crippen molar-refractivity contribution in [1.82, 2.24) is 0 Å². The van der Waals surface area contributed by atoms with Gasteiger partial charge in [-0.05, 0) is 23.3 Å². The highest BCUT2D eigenvalue weighted by Gasteiger charge is 2.23. The number of rotatable bonds is 6. The minimum absolute atomic E-state index is 0.144. The molecule has 1 aromatic carbocycles. The Morgan fingerprint density at radius 1 is 1.18 bits per heavy atom. The van der Waals surface area contributed by atoms with E-state index in [9.17, 15) is 5.11 Å². The Morgan fingerprint density at radius 2 is 1.82 bits per heavy atom. The van der Waals surface area contributed by atoms with Crippen LogP contribution in [-0.2, 0) is 11.3 Å². The first kappa shape index (κ1) is 14.2. The van der Waals surface area contributed by atoms with Crippen molar-refractivity contribution in [2.45, 2.75) is 33.8 Å². The van der Waals surface area contributed by atoms with Gasteiger partial charge in [0.05, 0.1) is 6.61 Å². The SMILES string of the molecule is CC(C)(C)C(CO)CCOCc1ccccc1. The van der Waals surface area contributed by atoms with E-state index in [0.29, 0.717) is 19.1 Å². The third-order valence-electron chi connectivity index (χ3n) is 3.17. The maximum atomic E-state index is 9.32. The molecule has 0 heterocycles. The summed E-state index contributed by atoms with van der Waals surface area (Å²) in [4.78, 5) is 0. The second kappa shape index (κ2) is 6.77. The molecule has 0 saturated heterocycles. The van der Waals surface area contributed by atoms with Crippen molar-refractivity contribution in [3.05, 3.63) is 35.9 Å². The van der Waals surface area contributed by atoms with Crippen LogP contribution in [0.15, 0.2) is 30.3 Å². The standard InChI is InChI=1S/C15H24O2/c1-15(2,3)14(11-16)9-10-17-12-13-7-5-4-6-8-13/h4-8,14,16H,9-12H2,1-3H3. The molecule has 1 N–H and O–H groups in total. The summed E-state index contributed by atoms with van der Waals surface area (Å²) < 4.78 is 5.64. The molecule has 17 heavy (non-hydrogen) atoms. The molecule has 0 bridgehead atoms. The zero-order valence-electron chi connectivity index (χ0n) is 11.1. The maximum Gasteiger partial charge on any atom is 0.0716 e. The van der Waals surface area contributed by atoms with E-state index in [1.165, 1.54) is 5.56 Å². The van der Waals surface area contributed by atoms with E-state index < -0.39 is 0 Å². The highest BCUT2D eigenvalue weighted by atomic mass is 16.5. The monoisotopic (exact) mass is 236 g/mol. The quantitative estimate of drug-likeness (QED) is 0.768. The molecule has 96 valence electrons. The van der Waals surface area contributed by atoms with Crippen LogP contribution in [0.5, 0.6) is 0 Å². The van der Waals surface area contributed by atoms with E-state index in [0.717, 1.165) is 6.42 Å². The van der Waals surface area contributed by atoms with Crippen molar-refractivity contribution in [1.29, 1.82) is 0 Å². The van der Waals surface area contributed by atoms with E-state index >= 15 is 0 Å². The zero-order valence-corrected chi connectivity index (χ0v) is 11.1. The minimum Gasteiger partial charge on any atom is -0.396 e. The van der Waals surface area contributed by atoms with Crippen molar-refractivity contribution in [2.24, 2.45) is 11.3 Å². The van der Waals surface area contributed by atoms with Crippen molar-refractivity contribution in [3.8, 4) is 0 Å². The van der Waals surface area contributed by atoms with Crippen molar-refractivity contribution >= 4 is 0 Å². The third kappa shape index (κ3) is 5.33. The average molecular weight is 236 g/mol. The Hall–Kier alpha value is -0.860. The van der Waals surface area contributed by atoms with Crippen LogP contribution in [0.25, 0.3) is 0 Å². The van der Waals surface area contributed by atoms with Crippen LogP contribution in [0, 0.1) is 11.3 Å². The largest absolute Gasteiger partial charge is 0.396 e. The van der Waals surface area contributed by atoms with Gasteiger partial charge in [0, 0.05) is 13.2 Å². The Bertz CT molecular complexity index is 300. The number of benzene rings is 1. The summed E-state index contributed by atoms with van der Waals surface area (Å²) >= 11 is 0. The van der Waals surface area contributed by atoms with Gasteiger partial charge in [0.2, 0.25) is 0 Å². The number of hydrogen-bond acceptors (Lipinski definition) is 2. The first-order valence-corrected chi connectivity index (χ1v) is 6.26. The molecule has 2 nitrogen and oxygen atoms in total. The van der Waals surface area contributed by atoms with Gasteiger partial charge < -0.3 is 9.84 Å². The molecule has 1 rings (SSSR count). The predicted molar refractivity (Wildman–Crippen MR) is 70.7 cm³/mol. The lowest BCUT2D eigenvalue weighted by Gasteiger charge is -2.28. The molecule has 0 aromatic heterocycles. The van der Waals surface area contributed by atoms with E-state index in [2.05, 4.69) is 32.9 Å².